The van der Waals surface area contributed by atoms with Gasteiger partial charge in [-0.3, -0.25) is 9.59 Å². The number of ether oxygens (including phenoxy) is 1. The molecule has 0 atom stereocenters. The summed E-state index contributed by atoms with van der Waals surface area (Å²) in [5.74, 6) is -0.874. The standard InChI is InChI=1S/C17H15N3O3/c1-23-14-8-6-12(7-9-14)11-19-16(21)17(22)20-15-5-3-2-4-13(15)10-18/h2-9H,11H2,1H3,(H,19,21)(H,20,22). The lowest BCUT2D eigenvalue weighted by Gasteiger charge is -2.08. The van der Waals surface area contributed by atoms with Crippen molar-refractivity contribution in [2.24, 2.45) is 0 Å². The molecule has 6 nitrogen and oxygen atoms in total. The smallest absolute Gasteiger partial charge is 0.313 e. The number of hydrogen-bond acceptors (Lipinski definition) is 4. The highest BCUT2D eigenvalue weighted by Gasteiger charge is 2.14. The molecule has 2 amide bonds. The van der Waals surface area contributed by atoms with Crippen molar-refractivity contribution in [3.05, 3.63) is 59.7 Å². The number of para-hydroxylation sites is 1. The van der Waals surface area contributed by atoms with Gasteiger partial charge >= 0.3 is 11.8 Å². The first kappa shape index (κ1) is 16.0. The monoisotopic (exact) mass is 309 g/mol. The van der Waals surface area contributed by atoms with E-state index in [9.17, 15) is 9.59 Å². The number of hydrogen-bond donors (Lipinski definition) is 2. The fraction of sp³-hybridized carbons (Fsp3) is 0.118. The average molecular weight is 309 g/mol. The van der Waals surface area contributed by atoms with E-state index in [2.05, 4.69) is 10.6 Å². The van der Waals surface area contributed by atoms with Gasteiger partial charge in [0.25, 0.3) is 0 Å². The van der Waals surface area contributed by atoms with Crippen LogP contribution in [0.2, 0.25) is 0 Å². The van der Waals surface area contributed by atoms with E-state index in [0.717, 1.165) is 5.56 Å². The van der Waals surface area contributed by atoms with Gasteiger partial charge in [-0.2, -0.15) is 5.26 Å². The SMILES string of the molecule is COc1ccc(CNC(=O)C(=O)Nc2ccccc2C#N)cc1. The Hall–Kier alpha value is -3.33. The predicted octanol–water partition coefficient (Wildman–Crippen LogP) is 1.82. The highest BCUT2D eigenvalue weighted by atomic mass is 16.5. The number of nitrogens with one attached hydrogen (secondary N) is 2. The Bertz CT molecular complexity index is 748. The number of methoxy groups -OCH3 is 1. The van der Waals surface area contributed by atoms with Crippen molar-refractivity contribution in [2.45, 2.75) is 6.54 Å². The normalized spacial score (nSPS) is 9.57. The Morgan fingerprint density at radius 1 is 1.09 bits per heavy atom. The molecule has 2 aromatic carbocycles. The quantitative estimate of drug-likeness (QED) is 0.843. The first-order valence-electron chi connectivity index (χ1n) is 6.85. The second-order valence-electron chi connectivity index (χ2n) is 4.64. The van der Waals surface area contributed by atoms with E-state index in [1.807, 2.05) is 6.07 Å². The van der Waals surface area contributed by atoms with E-state index in [0.29, 0.717) is 17.0 Å². The summed E-state index contributed by atoms with van der Waals surface area (Å²) in [4.78, 5) is 23.7. The summed E-state index contributed by atoms with van der Waals surface area (Å²) in [6.07, 6.45) is 0. The zero-order valence-electron chi connectivity index (χ0n) is 12.5. The van der Waals surface area contributed by atoms with E-state index < -0.39 is 11.8 Å². The minimum absolute atomic E-state index is 0.218. The Labute approximate surface area is 133 Å². The van der Waals surface area contributed by atoms with Crippen molar-refractivity contribution in [3.63, 3.8) is 0 Å². The molecule has 116 valence electrons. The van der Waals surface area contributed by atoms with Gasteiger partial charge in [0.05, 0.1) is 18.4 Å². The van der Waals surface area contributed by atoms with Crippen LogP contribution in [0.5, 0.6) is 5.75 Å². The van der Waals surface area contributed by atoms with Crippen LogP contribution in [0.4, 0.5) is 5.69 Å². The number of nitrogens with zero attached hydrogens (tertiary/aromatic N) is 1. The van der Waals surface area contributed by atoms with Gasteiger partial charge in [-0.05, 0) is 29.8 Å². The molecule has 2 rings (SSSR count). The number of anilines is 1. The summed E-state index contributed by atoms with van der Waals surface area (Å²) in [6.45, 7) is 0.218. The zero-order chi connectivity index (χ0) is 16.7. The maximum Gasteiger partial charge on any atom is 0.313 e. The highest BCUT2D eigenvalue weighted by molar-refractivity contribution is 6.39. The molecule has 0 spiro atoms. The summed E-state index contributed by atoms with van der Waals surface area (Å²) < 4.78 is 5.04. The molecule has 0 aliphatic heterocycles. The van der Waals surface area contributed by atoms with Gasteiger partial charge < -0.3 is 15.4 Å². The number of carbonyl (C=O) groups excluding carboxylic acids is 2. The van der Waals surface area contributed by atoms with Gasteiger partial charge in [-0.1, -0.05) is 24.3 Å². The van der Waals surface area contributed by atoms with Gasteiger partial charge in [0.2, 0.25) is 0 Å². The van der Waals surface area contributed by atoms with Crippen LogP contribution in [0.25, 0.3) is 0 Å². The predicted molar refractivity (Wildman–Crippen MR) is 84.6 cm³/mol. The summed E-state index contributed by atoms with van der Waals surface area (Å²) in [5.41, 5.74) is 1.44. The van der Waals surface area contributed by atoms with Crippen LogP contribution in [-0.4, -0.2) is 18.9 Å². The largest absolute Gasteiger partial charge is 0.497 e. The lowest BCUT2D eigenvalue weighted by atomic mass is 10.2. The maximum atomic E-state index is 11.8. The topological polar surface area (TPSA) is 91.2 Å². The minimum atomic E-state index is -0.818. The highest BCUT2D eigenvalue weighted by Crippen LogP contribution is 2.13. The second kappa shape index (κ2) is 7.61. The van der Waals surface area contributed by atoms with Crippen LogP contribution in [0.15, 0.2) is 48.5 Å². The number of amides is 2. The third-order valence-electron chi connectivity index (χ3n) is 3.11. The van der Waals surface area contributed by atoms with Crippen molar-refractivity contribution >= 4 is 17.5 Å². The molecule has 0 aromatic heterocycles. The Morgan fingerprint density at radius 3 is 2.43 bits per heavy atom. The number of benzene rings is 2. The summed E-state index contributed by atoms with van der Waals surface area (Å²) in [7, 11) is 1.57. The molecular weight excluding hydrogens is 294 g/mol. The maximum absolute atomic E-state index is 11.8. The van der Waals surface area contributed by atoms with Gasteiger partial charge in [0, 0.05) is 6.54 Å². The molecule has 0 fully saturated rings. The van der Waals surface area contributed by atoms with Gasteiger partial charge in [-0.25, -0.2) is 0 Å². The Balaban J connectivity index is 1.92. The van der Waals surface area contributed by atoms with Crippen molar-refractivity contribution in [1.29, 1.82) is 5.26 Å². The zero-order valence-corrected chi connectivity index (χ0v) is 12.5. The molecule has 0 heterocycles. The van der Waals surface area contributed by atoms with E-state index in [4.69, 9.17) is 10.00 Å². The van der Waals surface area contributed by atoms with Crippen LogP contribution < -0.4 is 15.4 Å². The van der Waals surface area contributed by atoms with Crippen molar-refractivity contribution in [1.82, 2.24) is 5.32 Å². The molecule has 23 heavy (non-hydrogen) atoms. The van der Waals surface area contributed by atoms with Crippen LogP contribution >= 0.6 is 0 Å². The van der Waals surface area contributed by atoms with E-state index in [1.54, 1.807) is 55.6 Å². The third-order valence-corrected chi connectivity index (χ3v) is 3.11. The molecule has 0 unspecified atom stereocenters. The van der Waals surface area contributed by atoms with Crippen LogP contribution in [0.3, 0.4) is 0 Å². The van der Waals surface area contributed by atoms with Crippen LogP contribution in [0, 0.1) is 11.3 Å². The van der Waals surface area contributed by atoms with Gasteiger partial charge in [-0.15, -0.1) is 0 Å². The molecule has 0 radical (unpaired) electrons. The van der Waals surface area contributed by atoms with Crippen LogP contribution in [-0.2, 0) is 16.1 Å². The number of nitriles is 1. The minimum Gasteiger partial charge on any atom is -0.497 e. The number of carbonyl (C=O) groups is 2. The first-order valence-corrected chi connectivity index (χ1v) is 6.85. The van der Waals surface area contributed by atoms with Crippen molar-refractivity contribution in [2.75, 3.05) is 12.4 Å². The Kier molecular flexibility index (Phi) is 5.31. The lowest BCUT2D eigenvalue weighted by molar-refractivity contribution is -0.136. The van der Waals surface area contributed by atoms with Gasteiger partial charge in [0.15, 0.2) is 0 Å². The molecule has 6 heteroatoms. The average Bonchev–Trinajstić information content (AvgIpc) is 2.60. The van der Waals surface area contributed by atoms with Crippen molar-refractivity contribution < 1.29 is 14.3 Å². The van der Waals surface area contributed by atoms with Crippen molar-refractivity contribution in [3.8, 4) is 11.8 Å². The molecule has 0 saturated carbocycles. The molecular formula is C17H15N3O3. The van der Waals surface area contributed by atoms with E-state index >= 15 is 0 Å². The summed E-state index contributed by atoms with van der Waals surface area (Å²) in [5, 5.41) is 13.9. The fourth-order valence-electron chi connectivity index (χ4n) is 1.87. The Morgan fingerprint density at radius 2 is 1.78 bits per heavy atom. The molecule has 0 saturated heterocycles. The van der Waals surface area contributed by atoms with E-state index in [-0.39, 0.29) is 6.54 Å². The lowest BCUT2D eigenvalue weighted by Crippen LogP contribution is -2.35. The van der Waals surface area contributed by atoms with Crippen LogP contribution in [0.1, 0.15) is 11.1 Å². The first-order chi connectivity index (χ1) is 11.1. The molecule has 0 aliphatic carbocycles. The van der Waals surface area contributed by atoms with Gasteiger partial charge in [0.1, 0.15) is 11.8 Å². The second-order valence-corrected chi connectivity index (χ2v) is 4.64. The molecule has 0 aliphatic rings. The number of rotatable bonds is 4. The molecule has 0 bridgehead atoms. The fourth-order valence-corrected chi connectivity index (χ4v) is 1.87. The summed E-state index contributed by atoms with van der Waals surface area (Å²) in [6, 6.07) is 15.5. The molecule has 2 aromatic rings. The molecule has 2 N–H and O–H groups in total. The third kappa shape index (κ3) is 4.32. The summed E-state index contributed by atoms with van der Waals surface area (Å²) >= 11 is 0. The van der Waals surface area contributed by atoms with E-state index in [1.165, 1.54) is 0 Å².